The van der Waals surface area contributed by atoms with Crippen molar-refractivity contribution in [3.8, 4) is 0 Å². The third-order valence-electron chi connectivity index (χ3n) is 4.17. The molecule has 0 N–H and O–H groups in total. The predicted molar refractivity (Wildman–Crippen MR) is 71.2 cm³/mol. The van der Waals surface area contributed by atoms with Crippen molar-refractivity contribution >= 4 is 0 Å². The zero-order valence-corrected chi connectivity index (χ0v) is 16.5. The van der Waals surface area contributed by atoms with Crippen molar-refractivity contribution < 1.29 is 48.0 Å². The minimum absolute atomic E-state index is 0. The molecule has 3 heteroatoms. The maximum atomic E-state index is 2.45. The maximum absolute atomic E-state index is 2.45. The zero-order valence-electron chi connectivity index (χ0n) is 12.6. The van der Waals surface area contributed by atoms with Gasteiger partial charge in [-0.1, -0.05) is 0 Å². The maximum Gasteiger partial charge on any atom is -1.00 e. The fraction of sp³-hybridized carbons (Fsp3) is 0.500. The number of hydrogen-bond donors (Lipinski definition) is 0. The summed E-state index contributed by atoms with van der Waals surface area (Å²) in [5.41, 5.74) is 6.23. The van der Waals surface area contributed by atoms with Crippen molar-refractivity contribution in [1.29, 1.82) is 0 Å². The Morgan fingerprint density at radius 1 is 0.737 bits per heavy atom. The summed E-state index contributed by atoms with van der Waals surface area (Å²) in [5, 5.41) is 0. The van der Waals surface area contributed by atoms with Crippen LogP contribution < -0.4 is 24.8 Å². The van der Waals surface area contributed by atoms with Crippen LogP contribution in [-0.2, 0) is 23.2 Å². The van der Waals surface area contributed by atoms with Crippen LogP contribution in [0.4, 0.5) is 0 Å². The smallest absolute Gasteiger partial charge is 1.00 e. The molecule has 0 nitrogen and oxygen atoms in total. The molecule has 0 aliphatic heterocycles. The molecule has 0 aromatic carbocycles. The Bertz CT molecular complexity index is 437. The third kappa shape index (κ3) is 3.75. The summed E-state index contributed by atoms with van der Waals surface area (Å²) in [5.74, 6) is 1.41. The molecule has 0 amide bonds. The van der Waals surface area contributed by atoms with Gasteiger partial charge in [0.2, 0.25) is 0 Å². The van der Waals surface area contributed by atoms with E-state index in [2.05, 4.69) is 53.7 Å². The first kappa shape index (κ1) is 19.4. The second-order valence-corrected chi connectivity index (χ2v) is 8.74. The van der Waals surface area contributed by atoms with Crippen LogP contribution >= 0.6 is 0 Å². The van der Waals surface area contributed by atoms with Gasteiger partial charge in [0.15, 0.2) is 0 Å². The summed E-state index contributed by atoms with van der Waals surface area (Å²) in [4.78, 5) is 0. The SMILES string of the molecule is CC1=CC(C)[C]([Zr+2][C]2=C(C)C(C)=CC2C)=C1C.[Cl-].[Cl-]. The monoisotopic (exact) mass is 374 g/mol. The summed E-state index contributed by atoms with van der Waals surface area (Å²) < 4.78 is 3.60. The molecule has 19 heavy (non-hydrogen) atoms. The Kier molecular flexibility index (Phi) is 7.60. The van der Waals surface area contributed by atoms with Crippen LogP contribution in [0.25, 0.3) is 0 Å². The molecule has 2 unspecified atom stereocenters. The van der Waals surface area contributed by atoms with Crippen molar-refractivity contribution in [3.63, 3.8) is 0 Å². The van der Waals surface area contributed by atoms with Gasteiger partial charge in [-0.05, 0) is 0 Å². The average Bonchev–Trinajstić information content (AvgIpc) is 2.62. The van der Waals surface area contributed by atoms with Crippen molar-refractivity contribution in [2.75, 3.05) is 0 Å². The molecule has 0 bridgehead atoms. The van der Waals surface area contributed by atoms with E-state index in [0.717, 1.165) is 0 Å². The molecule has 2 atom stereocenters. The van der Waals surface area contributed by atoms with Crippen molar-refractivity contribution in [2.24, 2.45) is 11.8 Å². The van der Waals surface area contributed by atoms with Crippen LogP contribution in [0.3, 0.4) is 0 Å². The molecule has 2 aliphatic rings. The van der Waals surface area contributed by atoms with Crippen molar-refractivity contribution in [2.45, 2.75) is 41.5 Å². The summed E-state index contributed by atoms with van der Waals surface area (Å²) in [6.07, 6.45) is 4.89. The van der Waals surface area contributed by atoms with Gasteiger partial charge in [0.05, 0.1) is 0 Å². The van der Waals surface area contributed by atoms with E-state index >= 15 is 0 Å². The van der Waals surface area contributed by atoms with Gasteiger partial charge >= 0.3 is 118 Å². The zero-order chi connectivity index (χ0) is 12.7. The minimum Gasteiger partial charge on any atom is -1.00 e. The van der Waals surface area contributed by atoms with Crippen LogP contribution in [0.2, 0.25) is 0 Å². The van der Waals surface area contributed by atoms with Crippen molar-refractivity contribution in [3.05, 3.63) is 41.0 Å². The molecular weight excluding hydrogens is 354 g/mol. The molecule has 104 valence electrons. The van der Waals surface area contributed by atoms with Gasteiger partial charge in [0.25, 0.3) is 0 Å². The van der Waals surface area contributed by atoms with Crippen molar-refractivity contribution in [1.82, 2.24) is 0 Å². The Morgan fingerprint density at radius 3 is 1.26 bits per heavy atom. The van der Waals surface area contributed by atoms with E-state index in [4.69, 9.17) is 0 Å². The van der Waals surface area contributed by atoms with E-state index < -0.39 is 23.2 Å². The summed E-state index contributed by atoms with van der Waals surface area (Å²) in [6, 6.07) is 0. The molecule has 0 fully saturated rings. The quantitative estimate of drug-likeness (QED) is 0.569. The van der Waals surface area contributed by atoms with Gasteiger partial charge in [-0.15, -0.1) is 0 Å². The first-order chi connectivity index (χ1) is 7.91. The van der Waals surface area contributed by atoms with Crippen LogP contribution in [0.15, 0.2) is 41.0 Å². The van der Waals surface area contributed by atoms with Crippen LogP contribution in [0.1, 0.15) is 41.5 Å². The van der Waals surface area contributed by atoms with Gasteiger partial charge in [-0.2, -0.15) is 0 Å². The van der Waals surface area contributed by atoms with Gasteiger partial charge in [0.1, 0.15) is 0 Å². The van der Waals surface area contributed by atoms with Gasteiger partial charge in [-0.25, -0.2) is 0 Å². The fourth-order valence-electron chi connectivity index (χ4n) is 2.83. The van der Waals surface area contributed by atoms with E-state index in [0.29, 0.717) is 11.8 Å². The summed E-state index contributed by atoms with van der Waals surface area (Å²) >= 11 is -0.548. The Balaban J connectivity index is 0.00000162. The van der Waals surface area contributed by atoms with Gasteiger partial charge in [0, 0.05) is 0 Å². The van der Waals surface area contributed by atoms with E-state index in [1.165, 1.54) is 11.1 Å². The molecule has 0 aromatic heterocycles. The Labute approximate surface area is 141 Å². The number of allylic oxidation sites excluding steroid dienone is 8. The van der Waals surface area contributed by atoms with Gasteiger partial charge in [-0.3, -0.25) is 0 Å². The first-order valence-electron chi connectivity index (χ1n) is 6.48. The Hall–Kier alpha value is 0.423. The van der Waals surface area contributed by atoms with Crippen LogP contribution in [0.5, 0.6) is 0 Å². The fourth-order valence-corrected chi connectivity index (χ4v) is 6.97. The minimum atomic E-state index is -0.548. The molecule has 2 rings (SSSR count). The normalized spacial score (nSPS) is 25.6. The van der Waals surface area contributed by atoms with E-state index in [-0.39, 0.29) is 24.8 Å². The number of rotatable bonds is 2. The molecule has 0 heterocycles. The molecule has 0 saturated heterocycles. The van der Waals surface area contributed by atoms with Gasteiger partial charge < -0.3 is 24.8 Å². The second-order valence-electron chi connectivity index (χ2n) is 5.48. The van der Waals surface area contributed by atoms with E-state index in [1.807, 2.05) is 0 Å². The topological polar surface area (TPSA) is 0 Å². The molecule has 0 aromatic rings. The first-order valence-corrected chi connectivity index (χ1v) is 8.93. The molecule has 0 radical (unpaired) electrons. The largest absolute Gasteiger partial charge is 1.00 e. The van der Waals surface area contributed by atoms with Crippen LogP contribution in [0, 0.1) is 11.8 Å². The standard InChI is InChI=1S/2C8H11.2ClH.Zr/c2*1-6-4-7(2)8(3)5-6;;;/h2*4,6H,1-3H3;2*1H;/q;;;;+2/p-2. The number of hydrogen-bond acceptors (Lipinski definition) is 0. The average molecular weight is 376 g/mol. The molecule has 0 saturated carbocycles. The summed E-state index contributed by atoms with van der Waals surface area (Å²) in [6.45, 7) is 13.9. The molecular formula is C16H22Cl2Zr. The number of halogens is 2. The molecule has 2 aliphatic carbocycles. The molecule has 0 spiro atoms. The van der Waals surface area contributed by atoms with Crippen LogP contribution in [-0.4, -0.2) is 0 Å². The van der Waals surface area contributed by atoms with E-state index in [9.17, 15) is 0 Å². The summed E-state index contributed by atoms with van der Waals surface area (Å²) in [7, 11) is 0. The predicted octanol–water partition coefficient (Wildman–Crippen LogP) is -1.18. The Morgan fingerprint density at radius 2 is 1.05 bits per heavy atom. The second kappa shape index (κ2) is 7.44. The third-order valence-corrected chi connectivity index (χ3v) is 9.58. The van der Waals surface area contributed by atoms with E-state index in [1.54, 1.807) is 17.7 Å².